The molecule has 0 aliphatic heterocycles. The van der Waals surface area contributed by atoms with Gasteiger partial charge in [0.25, 0.3) is 5.79 Å². The van der Waals surface area contributed by atoms with Gasteiger partial charge in [0.1, 0.15) is 0 Å². The summed E-state index contributed by atoms with van der Waals surface area (Å²) in [4.78, 5) is 56.6. The third-order valence-corrected chi connectivity index (χ3v) is 10.1. The number of rotatable bonds is 23. The maximum atomic E-state index is 15.0. The molecular formula is C34H54O9P2. The van der Waals surface area contributed by atoms with Crippen molar-refractivity contribution in [2.24, 2.45) is 0 Å². The lowest BCUT2D eigenvalue weighted by molar-refractivity contribution is -0.306. The number of hydrogen-bond acceptors (Lipinski definition) is 5. The Hall–Kier alpha value is -1.67. The van der Waals surface area contributed by atoms with Crippen molar-refractivity contribution in [3.63, 3.8) is 0 Å². The summed E-state index contributed by atoms with van der Waals surface area (Å²) in [6, 6.07) is 17.0. The summed E-state index contributed by atoms with van der Waals surface area (Å²) >= 11 is 0. The maximum absolute atomic E-state index is 15.0. The van der Waals surface area contributed by atoms with Gasteiger partial charge in [0, 0.05) is 11.1 Å². The first kappa shape index (κ1) is 39.5. The number of ether oxygens (including phenoxy) is 2. The van der Waals surface area contributed by atoms with E-state index in [0.717, 1.165) is 25.7 Å². The molecule has 0 aliphatic rings. The molecule has 0 amide bonds. The van der Waals surface area contributed by atoms with Crippen molar-refractivity contribution >= 4 is 21.0 Å². The van der Waals surface area contributed by atoms with Crippen LogP contribution in [0.2, 0.25) is 0 Å². The number of unbranched alkanes of at least 4 members (excludes halogenated alkanes) is 4. The number of carbonyl (C=O) groups excluding carboxylic acids is 1. The second-order valence-corrected chi connectivity index (χ2v) is 15.6. The zero-order chi connectivity index (χ0) is 33.6. The topological polar surface area (TPSA) is 151 Å². The average Bonchev–Trinajstić information content (AvgIpc) is 2.99. The lowest BCUT2D eigenvalue weighted by Crippen LogP contribution is -2.56. The van der Waals surface area contributed by atoms with Crippen LogP contribution < -0.4 is 0 Å². The minimum atomic E-state index is -4.68. The summed E-state index contributed by atoms with van der Waals surface area (Å²) < 4.78 is 39.6. The molecule has 0 saturated carbocycles. The summed E-state index contributed by atoms with van der Waals surface area (Å²) in [6.45, 7) is 7.88. The highest BCUT2D eigenvalue weighted by Gasteiger charge is 2.55. The molecule has 0 atom stereocenters. The zero-order valence-electron chi connectivity index (χ0n) is 27.4. The van der Waals surface area contributed by atoms with E-state index in [0.29, 0.717) is 31.2 Å². The highest BCUT2D eigenvalue weighted by Crippen LogP contribution is 2.52. The lowest BCUT2D eigenvalue weighted by Gasteiger charge is -2.48. The fourth-order valence-corrected chi connectivity index (χ4v) is 8.25. The first-order chi connectivity index (χ1) is 21.2. The molecule has 0 fully saturated rings. The zero-order valence-corrected chi connectivity index (χ0v) is 29.2. The molecule has 0 spiro atoms. The maximum Gasteiger partial charge on any atom is 0.328 e. The summed E-state index contributed by atoms with van der Waals surface area (Å²) in [6.07, 6.45) is 4.95. The Kier molecular flexibility index (Phi) is 15.8. The monoisotopic (exact) mass is 668 g/mol. The molecule has 254 valence electrons. The molecule has 0 unspecified atom stereocenters. The van der Waals surface area contributed by atoms with Gasteiger partial charge >= 0.3 is 15.2 Å². The predicted octanol–water partition coefficient (Wildman–Crippen LogP) is 8.35. The third-order valence-electron chi connectivity index (χ3n) is 8.14. The van der Waals surface area contributed by atoms with E-state index in [1.165, 1.54) is 0 Å². The summed E-state index contributed by atoms with van der Waals surface area (Å²) in [5.41, 5.74) is -2.41. The van der Waals surface area contributed by atoms with Crippen LogP contribution in [0.5, 0.6) is 0 Å². The predicted molar refractivity (Wildman–Crippen MR) is 178 cm³/mol. The molecular weight excluding hydrogens is 614 g/mol. The number of carbonyl (C=O) groups is 1. The van der Waals surface area contributed by atoms with Gasteiger partial charge in [0.15, 0.2) is 0 Å². The van der Waals surface area contributed by atoms with Gasteiger partial charge in [-0.15, -0.1) is 0 Å². The molecule has 2 rings (SSSR count). The minimum absolute atomic E-state index is 0.244. The van der Waals surface area contributed by atoms with Crippen molar-refractivity contribution in [3.05, 3.63) is 71.8 Å². The van der Waals surface area contributed by atoms with Gasteiger partial charge in [-0.25, -0.2) is 0 Å². The van der Waals surface area contributed by atoms with Crippen LogP contribution in [0.1, 0.15) is 121 Å². The van der Waals surface area contributed by atoms with Crippen LogP contribution in [-0.2, 0) is 24.4 Å². The van der Waals surface area contributed by atoms with Crippen molar-refractivity contribution in [1.29, 1.82) is 0 Å². The second kappa shape index (κ2) is 18.0. The lowest BCUT2D eigenvalue weighted by atomic mass is 9.87. The highest BCUT2D eigenvalue weighted by molar-refractivity contribution is 7.52. The second-order valence-electron chi connectivity index (χ2n) is 12.3. The summed E-state index contributed by atoms with van der Waals surface area (Å²) in [5, 5.41) is 0. The van der Waals surface area contributed by atoms with Crippen LogP contribution in [0.15, 0.2) is 60.7 Å². The van der Waals surface area contributed by atoms with Crippen molar-refractivity contribution in [2.75, 3.05) is 12.3 Å². The largest absolute Gasteiger partial charge is 0.332 e. The summed E-state index contributed by atoms with van der Waals surface area (Å²) in [7, 11) is -9.37. The van der Waals surface area contributed by atoms with Crippen LogP contribution in [0.4, 0.5) is 0 Å². The van der Waals surface area contributed by atoms with Crippen LogP contribution in [-0.4, -0.2) is 48.9 Å². The number of benzene rings is 2. The number of hydrogen-bond donors (Lipinski definition) is 4. The van der Waals surface area contributed by atoms with Crippen molar-refractivity contribution < 1.29 is 43.0 Å². The minimum Gasteiger partial charge on any atom is -0.332 e. The fourth-order valence-electron chi connectivity index (χ4n) is 5.99. The smallest absolute Gasteiger partial charge is 0.328 e. The molecule has 9 nitrogen and oxygen atoms in total. The van der Waals surface area contributed by atoms with E-state index in [4.69, 9.17) is 9.47 Å². The number of Topliss-reactive ketones (excluding diaryl/α,β-unsaturated/α-hetero) is 1. The molecule has 0 aromatic heterocycles. The standard InChI is InChI=1S/C34H54O9P2/c1-5-9-23-32(24-10-6-2,27-44(36,37)38)42-34(30-21-17-14-18-22-30,31(35)29-19-15-13-16-20-29)43-33(25-11-7-3,26-12-8-4)28-45(39,40)41/h13-22H,5-12,23-28H2,1-4H3,(H2,36,37,38)(H2,39,40,41). The van der Waals surface area contributed by atoms with E-state index in [9.17, 15) is 28.7 Å². The van der Waals surface area contributed by atoms with E-state index < -0.39 is 50.3 Å². The Bertz CT molecular complexity index is 1170. The van der Waals surface area contributed by atoms with Crippen LogP contribution in [0.25, 0.3) is 0 Å². The first-order valence-corrected chi connectivity index (χ1v) is 19.9. The SMILES string of the molecule is CCCCC(CCCC)(CP(=O)(O)O)OC(OC(CCCC)(CCCC)CP(=O)(O)O)(C(=O)c1ccccc1)c1ccccc1. The molecule has 0 aliphatic carbocycles. The Balaban J connectivity index is 3.06. The van der Waals surface area contributed by atoms with Gasteiger partial charge in [-0.2, -0.15) is 0 Å². The van der Waals surface area contributed by atoms with Gasteiger partial charge in [0.2, 0.25) is 5.78 Å². The van der Waals surface area contributed by atoms with Gasteiger partial charge in [-0.3, -0.25) is 13.9 Å². The van der Waals surface area contributed by atoms with E-state index in [1.54, 1.807) is 60.7 Å². The van der Waals surface area contributed by atoms with Gasteiger partial charge in [-0.05, 0) is 25.7 Å². The first-order valence-electron chi connectivity index (χ1n) is 16.3. The van der Waals surface area contributed by atoms with Gasteiger partial charge < -0.3 is 29.0 Å². The van der Waals surface area contributed by atoms with Crippen LogP contribution in [0, 0.1) is 0 Å². The van der Waals surface area contributed by atoms with Crippen molar-refractivity contribution in [3.8, 4) is 0 Å². The van der Waals surface area contributed by atoms with E-state index >= 15 is 4.79 Å². The fraction of sp³-hybridized carbons (Fsp3) is 0.618. The Morgan fingerprint density at radius 1 is 0.600 bits per heavy atom. The molecule has 0 bridgehead atoms. The van der Waals surface area contributed by atoms with Crippen molar-refractivity contribution in [2.45, 2.75) is 122 Å². The molecule has 0 radical (unpaired) electrons. The molecule has 2 aromatic carbocycles. The molecule has 0 saturated heterocycles. The van der Waals surface area contributed by atoms with Crippen molar-refractivity contribution in [1.82, 2.24) is 0 Å². The average molecular weight is 669 g/mol. The Morgan fingerprint density at radius 2 is 0.933 bits per heavy atom. The summed E-state index contributed by atoms with van der Waals surface area (Å²) in [5.74, 6) is -2.86. The normalized spacial score (nSPS) is 13.2. The van der Waals surface area contributed by atoms with Gasteiger partial charge in [-0.1, -0.05) is 140 Å². The molecule has 45 heavy (non-hydrogen) atoms. The Labute approximate surface area is 269 Å². The van der Waals surface area contributed by atoms with Crippen LogP contribution >= 0.6 is 15.2 Å². The molecule has 0 heterocycles. The molecule has 2 aromatic rings. The highest BCUT2D eigenvalue weighted by atomic mass is 31.2. The van der Waals surface area contributed by atoms with E-state index in [2.05, 4.69) is 0 Å². The number of ketones is 1. The Morgan fingerprint density at radius 3 is 1.24 bits per heavy atom. The quantitative estimate of drug-likeness (QED) is 0.0520. The molecule has 4 N–H and O–H groups in total. The van der Waals surface area contributed by atoms with Crippen LogP contribution in [0.3, 0.4) is 0 Å². The van der Waals surface area contributed by atoms with E-state index in [1.807, 2.05) is 27.7 Å². The van der Waals surface area contributed by atoms with E-state index in [-0.39, 0.29) is 31.2 Å². The molecule has 11 heteroatoms. The van der Waals surface area contributed by atoms with Gasteiger partial charge in [0.05, 0.1) is 23.5 Å². The third kappa shape index (κ3) is 12.5.